The minimum atomic E-state index is 1.11. The van der Waals surface area contributed by atoms with Crippen molar-refractivity contribution < 1.29 is 9.13 Å². The van der Waals surface area contributed by atoms with E-state index in [2.05, 4.69) is 58.2 Å². The van der Waals surface area contributed by atoms with Crippen LogP contribution in [0, 0.1) is 0 Å². The normalized spacial score (nSPS) is 10.4. The topological polar surface area (TPSA) is 7.76 Å². The highest BCUT2D eigenvalue weighted by Crippen LogP contribution is 2.04. The first-order valence-corrected chi connectivity index (χ1v) is 5.62. The van der Waals surface area contributed by atoms with Crippen LogP contribution in [0.5, 0.6) is 0 Å². The van der Waals surface area contributed by atoms with Crippen molar-refractivity contribution in [1.82, 2.24) is 0 Å². The molecule has 0 N–H and O–H groups in total. The second kappa shape index (κ2) is 4.88. The molecule has 0 aliphatic carbocycles. The van der Waals surface area contributed by atoms with E-state index in [4.69, 9.17) is 0 Å². The molecule has 2 aromatic heterocycles. The monoisotopic (exact) mass is 214 g/mol. The van der Waals surface area contributed by atoms with Gasteiger partial charge < -0.3 is 0 Å². The van der Waals surface area contributed by atoms with Crippen LogP contribution in [0.15, 0.2) is 49.1 Å². The molecule has 2 rings (SSSR count). The highest BCUT2D eigenvalue weighted by Gasteiger charge is 1.99. The Morgan fingerprint density at radius 1 is 0.688 bits per heavy atom. The lowest BCUT2D eigenvalue weighted by Gasteiger charge is -2.00. The first-order valence-electron chi connectivity index (χ1n) is 5.62. The van der Waals surface area contributed by atoms with Crippen molar-refractivity contribution in [2.45, 2.75) is 12.8 Å². The standard InChI is InChI=1S/C14H18N2/c1-15-9-5-13(6-10-15)3-4-14-7-11-16(2)12-8-14/h5-12H,3-4H2,1-2H3/q+2. The van der Waals surface area contributed by atoms with Gasteiger partial charge in [-0.2, -0.15) is 0 Å². The van der Waals surface area contributed by atoms with Gasteiger partial charge in [-0.05, 0) is 24.0 Å². The van der Waals surface area contributed by atoms with Gasteiger partial charge in [-0.25, -0.2) is 9.13 Å². The van der Waals surface area contributed by atoms with Gasteiger partial charge >= 0.3 is 0 Å². The van der Waals surface area contributed by atoms with Crippen LogP contribution in [0.3, 0.4) is 0 Å². The molecule has 16 heavy (non-hydrogen) atoms. The van der Waals surface area contributed by atoms with Crippen LogP contribution < -0.4 is 9.13 Å². The number of aromatic nitrogens is 2. The van der Waals surface area contributed by atoms with E-state index in [1.54, 1.807) is 0 Å². The average Bonchev–Trinajstić information content (AvgIpc) is 2.30. The Bertz CT molecular complexity index is 398. The summed E-state index contributed by atoms with van der Waals surface area (Å²) in [5.74, 6) is 0. The summed E-state index contributed by atoms with van der Waals surface area (Å²) in [7, 11) is 4.09. The van der Waals surface area contributed by atoms with E-state index in [0.717, 1.165) is 12.8 Å². The molecule has 0 unspecified atom stereocenters. The predicted octanol–water partition coefficient (Wildman–Crippen LogP) is 1.12. The van der Waals surface area contributed by atoms with Crippen molar-refractivity contribution in [2.24, 2.45) is 14.1 Å². The van der Waals surface area contributed by atoms with Crippen LogP contribution in [-0.2, 0) is 26.9 Å². The lowest BCUT2D eigenvalue weighted by atomic mass is 10.1. The number of aryl methyl sites for hydroxylation is 4. The van der Waals surface area contributed by atoms with E-state index < -0.39 is 0 Å². The molecule has 2 nitrogen and oxygen atoms in total. The maximum Gasteiger partial charge on any atom is 0.168 e. The van der Waals surface area contributed by atoms with Crippen molar-refractivity contribution in [1.29, 1.82) is 0 Å². The van der Waals surface area contributed by atoms with Gasteiger partial charge in [0.25, 0.3) is 0 Å². The van der Waals surface area contributed by atoms with Crippen LogP contribution in [-0.4, -0.2) is 0 Å². The third-order valence-electron chi connectivity index (χ3n) is 2.80. The van der Waals surface area contributed by atoms with Gasteiger partial charge in [-0.3, -0.25) is 0 Å². The van der Waals surface area contributed by atoms with Gasteiger partial charge in [0.1, 0.15) is 14.1 Å². The first-order chi connectivity index (χ1) is 7.74. The summed E-state index contributed by atoms with van der Waals surface area (Å²) < 4.78 is 4.12. The van der Waals surface area contributed by atoms with Crippen LogP contribution in [0.25, 0.3) is 0 Å². The largest absolute Gasteiger partial charge is 0.208 e. The Labute approximate surface area is 96.8 Å². The van der Waals surface area contributed by atoms with Crippen molar-refractivity contribution in [2.75, 3.05) is 0 Å². The number of hydrogen-bond acceptors (Lipinski definition) is 0. The SMILES string of the molecule is C[n+]1ccc(CCc2cc[n+](C)cc2)cc1. The number of nitrogens with zero attached hydrogens (tertiary/aromatic N) is 2. The van der Waals surface area contributed by atoms with E-state index in [-0.39, 0.29) is 0 Å². The third kappa shape index (κ3) is 2.89. The van der Waals surface area contributed by atoms with Crippen molar-refractivity contribution >= 4 is 0 Å². The number of pyridine rings is 2. The molecule has 0 aromatic carbocycles. The molecule has 0 aliphatic rings. The van der Waals surface area contributed by atoms with E-state index in [1.165, 1.54) is 11.1 Å². The third-order valence-corrected chi connectivity index (χ3v) is 2.80. The van der Waals surface area contributed by atoms with Gasteiger partial charge in [-0.1, -0.05) is 0 Å². The van der Waals surface area contributed by atoms with E-state index in [1.807, 2.05) is 14.1 Å². The van der Waals surface area contributed by atoms with Crippen LogP contribution in [0.2, 0.25) is 0 Å². The average molecular weight is 214 g/mol. The van der Waals surface area contributed by atoms with E-state index in [0.29, 0.717) is 0 Å². The molecule has 0 aliphatic heterocycles. The maximum atomic E-state index is 2.18. The number of hydrogen-bond donors (Lipinski definition) is 0. The summed E-state index contributed by atoms with van der Waals surface area (Å²) in [6.45, 7) is 0. The fourth-order valence-electron chi connectivity index (χ4n) is 1.69. The molecule has 0 atom stereocenters. The molecule has 0 bridgehead atoms. The molecular formula is C14H18N2+2. The minimum absolute atomic E-state index is 1.11. The van der Waals surface area contributed by atoms with Gasteiger partial charge in [0.15, 0.2) is 24.8 Å². The summed E-state index contributed by atoms with van der Waals surface area (Å²) in [5.41, 5.74) is 2.79. The van der Waals surface area contributed by atoms with Crippen LogP contribution in [0.1, 0.15) is 11.1 Å². The Hall–Kier alpha value is -1.70. The van der Waals surface area contributed by atoms with Crippen molar-refractivity contribution in [3.05, 3.63) is 60.2 Å². The fraction of sp³-hybridized carbons (Fsp3) is 0.286. The molecule has 2 heteroatoms. The molecule has 2 aromatic rings. The summed E-state index contributed by atoms with van der Waals surface area (Å²) >= 11 is 0. The quantitative estimate of drug-likeness (QED) is 0.677. The molecular weight excluding hydrogens is 196 g/mol. The minimum Gasteiger partial charge on any atom is -0.208 e. The van der Waals surface area contributed by atoms with Gasteiger partial charge in [0.2, 0.25) is 0 Å². The highest BCUT2D eigenvalue weighted by atomic mass is 14.9. The second-order valence-corrected chi connectivity index (χ2v) is 4.24. The summed E-state index contributed by atoms with van der Waals surface area (Å²) in [4.78, 5) is 0. The zero-order valence-electron chi connectivity index (χ0n) is 9.93. The lowest BCUT2D eigenvalue weighted by molar-refractivity contribution is -0.671. The molecule has 0 radical (unpaired) electrons. The smallest absolute Gasteiger partial charge is 0.168 e. The first kappa shape index (κ1) is 10.8. The Kier molecular flexibility index (Phi) is 3.30. The predicted molar refractivity (Wildman–Crippen MR) is 62.6 cm³/mol. The van der Waals surface area contributed by atoms with E-state index in [9.17, 15) is 0 Å². The molecule has 0 amide bonds. The van der Waals surface area contributed by atoms with Crippen LogP contribution >= 0.6 is 0 Å². The zero-order valence-corrected chi connectivity index (χ0v) is 9.93. The lowest BCUT2D eigenvalue weighted by Crippen LogP contribution is -2.26. The molecule has 0 saturated heterocycles. The zero-order chi connectivity index (χ0) is 11.4. The second-order valence-electron chi connectivity index (χ2n) is 4.24. The van der Waals surface area contributed by atoms with Crippen molar-refractivity contribution in [3.8, 4) is 0 Å². The molecule has 0 saturated carbocycles. The Morgan fingerprint density at radius 3 is 1.31 bits per heavy atom. The summed E-state index contributed by atoms with van der Waals surface area (Å²) in [6, 6.07) is 8.73. The Balaban J connectivity index is 1.97. The highest BCUT2D eigenvalue weighted by molar-refractivity contribution is 5.13. The Morgan fingerprint density at radius 2 is 1.00 bits per heavy atom. The van der Waals surface area contributed by atoms with E-state index >= 15 is 0 Å². The summed E-state index contributed by atoms with van der Waals surface area (Å²) in [6.07, 6.45) is 10.6. The van der Waals surface area contributed by atoms with Crippen molar-refractivity contribution in [3.63, 3.8) is 0 Å². The molecule has 82 valence electrons. The fourth-order valence-corrected chi connectivity index (χ4v) is 1.69. The van der Waals surface area contributed by atoms with Gasteiger partial charge in [0.05, 0.1) is 0 Å². The van der Waals surface area contributed by atoms with Gasteiger partial charge in [-0.15, -0.1) is 0 Å². The number of rotatable bonds is 3. The molecule has 0 fully saturated rings. The maximum absolute atomic E-state index is 2.18. The molecule has 0 spiro atoms. The molecule has 2 heterocycles. The van der Waals surface area contributed by atoms with Gasteiger partial charge in [0, 0.05) is 24.3 Å². The van der Waals surface area contributed by atoms with Crippen LogP contribution in [0.4, 0.5) is 0 Å². The summed E-state index contributed by atoms with van der Waals surface area (Å²) in [5, 5.41) is 0.